The van der Waals surface area contributed by atoms with E-state index in [0.29, 0.717) is 49.4 Å². The summed E-state index contributed by atoms with van der Waals surface area (Å²) in [6, 6.07) is 21.3. The van der Waals surface area contributed by atoms with Gasteiger partial charge < -0.3 is 20.3 Å². The first-order valence-corrected chi connectivity index (χ1v) is 17.2. The van der Waals surface area contributed by atoms with E-state index in [4.69, 9.17) is 16.3 Å². The van der Waals surface area contributed by atoms with Crippen LogP contribution >= 0.6 is 0 Å². The number of imide groups is 1. The van der Waals surface area contributed by atoms with Crippen molar-refractivity contribution in [1.29, 1.82) is 0 Å². The average molecular weight is 706 g/mol. The standard InChI is InChI=1S/C38H46F3N7O3/c1-27(14-16-38(39,40)41)15-19-45(37(42)44-48(43)21-20-47-35(49)32-12-6-7-13-33(32)36(47)50)17-8-9-18-46(24-29-10-4-3-5-11-29)34-23-31-26-51-25-30(31)22-28(34)2/h3-7,10-14,22-23H,8-9,15-21,24-26,43H2,1-2H3,(H2,42,44)/b27-14+. The molecule has 0 spiro atoms. The number of hydrazine groups is 1. The minimum atomic E-state index is -4.28. The molecular formula is C38H46F3N7O3. The lowest BCUT2D eigenvalue weighted by atomic mass is 10.0. The van der Waals surface area contributed by atoms with E-state index in [-0.39, 0.29) is 19.0 Å². The molecule has 3 aromatic rings. The van der Waals surface area contributed by atoms with Gasteiger partial charge in [0.05, 0.1) is 43.9 Å². The van der Waals surface area contributed by atoms with Crippen LogP contribution in [0.15, 0.2) is 83.5 Å². The number of halogens is 3. The van der Waals surface area contributed by atoms with Crippen molar-refractivity contribution < 1.29 is 27.5 Å². The number of aryl methyl sites for hydroxylation is 1. The number of nitrogens with two attached hydrogens (primary N) is 2. The van der Waals surface area contributed by atoms with Crippen LogP contribution in [0.2, 0.25) is 0 Å². The zero-order valence-electron chi connectivity index (χ0n) is 29.2. The number of carbonyl (C=O) groups excluding carboxylic acids is 2. The Balaban J connectivity index is 1.24. The second-order valence-corrected chi connectivity index (χ2v) is 13.1. The molecule has 3 aromatic carbocycles. The van der Waals surface area contributed by atoms with Gasteiger partial charge in [-0.2, -0.15) is 13.2 Å². The summed E-state index contributed by atoms with van der Waals surface area (Å²) in [4.78, 5) is 30.8. The molecule has 0 aliphatic carbocycles. The third kappa shape index (κ3) is 10.1. The predicted octanol–water partition coefficient (Wildman–Crippen LogP) is 6.10. The van der Waals surface area contributed by atoms with Crippen molar-refractivity contribution in [2.24, 2.45) is 16.7 Å². The Labute approximate surface area is 297 Å². The van der Waals surface area contributed by atoms with Crippen molar-refractivity contribution >= 4 is 23.5 Å². The highest BCUT2D eigenvalue weighted by Crippen LogP contribution is 2.31. The van der Waals surface area contributed by atoms with Gasteiger partial charge in [0.2, 0.25) is 5.96 Å². The lowest BCUT2D eigenvalue weighted by molar-refractivity contribution is -0.125. The molecule has 2 amide bonds. The van der Waals surface area contributed by atoms with E-state index in [1.165, 1.54) is 28.3 Å². The summed E-state index contributed by atoms with van der Waals surface area (Å²) < 4.78 is 44.2. The van der Waals surface area contributed by atoms with Crippen molar-refractivity contribution in [1.82, 2.24) is 14.9 Å². The number of hydrogen-bond acceptors (Lipinski definition) is 7. The number of amides is 2. The maximum Gasteiger partial charge on any atom is 0.392 e. The number of hydrazone groups is 1. The van der Waals surface area contributed by atoms with Gasteiger partial charge in [0.25, 0.3) is 11.8 Å². The van der Waals surface area contributed by atoms with E-state index in [2.05, 4.69) is 41.2 Å². The maximum atomic E-state index is 12.8. The molecule has 51 heavy (non-hydrogen) atoms. The number of rotatable bonds is 16. The second kappa shape index (κ2) is 16.9. The van der Waals surface area contributed by atoms with Crippen molar-refractivity contribution in [2.75, 3.05) is 37.6 Å². The summed E-state index contributed by atoms with van der Waals surface area (Å²) in [5.74, 6) is 5.47. The van der Waals surface area contributed by atoms with Crippen LogP contribution in [0.4, 0.5) is 18.9 Å². The minimum absolute atomic E-state index is 0.00436. The number of hydrogen-bond donors (Lipinski definition) is 2. The highest BCUT2D eigenvalue weighted by Gasteiger charge is 2.35. The molecule has 272 valence electrons. The van der Waals surface area contributed by atoms with Crippen LogP contribution in [0.3, 0.4) is 0 Å². The Hall–Kier alpha value is -4.88. The van der Waals surface area contributed by atoms with Crippen LogP contribution in [0.25, 0.3) is 0 Å². The topological polar surface area (TPSA) is 121 Å². The van der Waals surface area contributed by atoms with Gasteiger partial charge in [-0.1, -0.05) is 60.2 Å². The van der Waals surface area contributed by atoms with Crippen LogP contribution < -0.4 is 16.5 Å². The summed E-state index contributed by atoms with van der Waals surface area (Å²) in [6.45, 7) is 7.36. The normalized spacial score (nSPS) is 14.6. The molecule has 0 saturated carbocycles. The zero-order chi connectivity index (χ0) is 36.5. The average Bonchev–Trinajstić information content (AvgIpc) is 3.65. The molecule has 5 rings (SSSR count). The van der Waals surface area contributed by atoms with Crippen LogP contribution in [0.1, 0.15) is 75.6 Å². The first kappa shape index (κ1) is 37.4. The number of allylic oxidation sites excluding steroid dienone is 1. The number of benzene rings is 3. The quantitative estimate of drug-likeness (QED) is 0.0349. The van der Waals surface area contributed by atoms with Gasteiger partial charge in [-0.15, -0.1) is 5.10 Å². The molecule has 0 unspecified atom stereocenters. The van der Waals surface area contributed by atoms with Crippen LogP contribution in [0.5, 0.6) is 0 Å². The Morgan fingerprint density at radius 3 is 2.22 bits per heavy atom. The lowest BCUT2D eigenvalue weighted by Crippen LogP contribution is -2.44. The van der Waals surface area contributed by atoms with Crippen LogP contribution in [-0.2, 0) is 24.5 Å². The fraction of sp³-hybridized carbons (Fsp3) is 0.395. The van der Waals surface area contributed by atoms with E-state index >= 15 is 0 Å². The number of unbranched alkanes of at least 4 members (excludes halogenated alkanes) is 1. The summed E-state index contributed by atoms with van der Waals surface area (Å²) in [6.07, 6.45) is -2.21. The highest BCUT2D eigenvalue weighted by atomic mass is 19.4. The molecule has 0 atom stereocenters. The van der Waals surface area contributed by atoms with Gasteiger partial charge in [0.1, 0.15) is 0 Å². The number of ether oxygens (including phenoxy) is 1. The van der Waals surface area contributed by atoms with Gasteiger partial charge in [-0.3, -0.25) is 14.5 Å². The third-order valence-corrected chi connectivity index (χ3v) is 9.14. The molecule has 0 bridgehead atoms. The Morgan fingerprint density at radius 1 is 0.922 bits per heavy atom. The number of fused-ring (bicyclic) bond motifs is 2. The van der Waals surface area contributed by atoms with Gasteiger partial charge in [0.15, 0.2) is 0 Å². The number of anilines is 1. The molecule has 2 aliphatic rings. The smallest absolute Gasteiger partial charge is 0.372 e. The van der Waals surface area contributed by atoms with Gasteiger partial charge in [-0.25, -0.2) is 11.0 Å². The molecule has 10 nitrogen and oxygen atoms in total. The summed E-state index contributed by atoms with van der Waals surface area (Å²) in [5.41, 5.74) is 13.7. The second-order valence-electron chi connectivity index (χ2n) is 13.1. The molecular weight excluding hydrogens is 659 g/mol. The maximum absolute atomic E-state index is 12.8. The largest absolute Gasteiger partial charge is 0.392 e. The lowest BCUT2D eigenvalue weighted by Gasteiger charge is -2.29. The molecule has 0 radical (unpaired) electrons. The number of guanidine groups is 1. The van der Waals surface area contributed by atoms with Crippen molar-refractivity contribution in [3.05, 3.63) is 112 Å². The Bertz CT molecular complexity index is 1710. The Morgan fingerprint density at radius 2 is 1.55 bits per heavy atom. The SMILES string of the molecule is C/C(=C\CC(F)(F)F)CCN(CCCCN(Cc1ccccc1)c1cc2c(cc1C)COC2)/C(N)=N/N(N)CCN1C(=O)c2ccccc2C1=O. The van der Waals surface area contributed by atoms with Crippen LogP contribution in [0, 0.1) is 6.92 Å². The van der Waals surface area contributed by atoms with Gasteiger partial charge in [-0.05, 0) is 73.6 Å². The first-order valence-electron chi connectivity index (χ1n) is 17.2. The number of carbonyl (C=O) groups is 2. The number of alkyl halides is 3. The zero-order valence-corrected chi connectivity index (χ0v) is 29.2. The van der Waals surface area contributed by atoms with Gasteiger partial charge >= 0.3 is 6.18 Å². The van der Waals surface area contributed by atoms with E-state index < -0.39 is 24.4 Å². The van der Waals surface area contributed by atoms with Crippen LogP contribution in [-0.4, -0.2) is 71.6 Å². The van der Waals surface area contributed by atoms with E-state index in [1.807, 2.05) is 23.1 Å². The molecule has 4 N–H and O–H groups in total. The minimum Gasteiger partial charge on any atom is -0.372 e. The molecule has 0 aromatic heterocycles. The fourth-order valence-corrected chi connectivity index (χ4v) is 6.31. The molecule has 0 saturated heterocycles. The molecule has 0 fully saturated rings. The molecule has 13 heteroatoms. The van der Waals surface area contributed by atoms with Crippen molar-refractivity contribution in [3.8, 4) is 0 Å². The monoisotopic (exact) mass is 705 g/mol. The van der Waals surface area contributed by atoms with E-state index in [9.17, 15) is 22.8 Å². The molecule has 2 heterocycles. The van der Waals surface area contributed by atoms with Gasteiger partial charge in [0, 0.05) is 31.9 Å². The summed E-state index contributed by atoms with van der Waals surface area (Å²) in [7, 11) is 0. The number of nitrogens with zero attached hydrogens (tertiary/aromatic N) is 5. The molecule has 2 aliphatic heterocycles. The highest BCUT2D eigenvalue weighted by molar-refractivity contribution is 6.21. The third-order valence-electron chi connectivity index (χ3n) is 9.14. The van der Waals surface area contributed by atoms with E-state index in [1.54, 1.807) is 31.2 Å². The van der Waals surface area contributed by atoms with E-state index in [0.717, 1.165) is 41.6 Å². The first-order chi connectivity index (χ1) is 24.4. The predicted molar refractivity (Wildman–Crippen MR) is 191 cm³/mol. The Kier molecular flexibility index (Phi) is 12.4. The van der Waals surface area contributed by atoms with Crippen molar-refractivity contribution in [2.45, 2.75) is 65.5 Å². The fourth-order valence-electron chi connectivity index (χ4n) is 6.31. The van der Waals surface area contributed by atoms with Crippen molar-refractivity contribution in [3.63, 3.8) is 0 Å². The summed E-state index contributed by atoms with van der Waals surface area (Å²) in [5, 5.41) is 5.41. The summed E-state index contributed by atoms with van der Waals surface area (Å²) >= 11 is 0.